The van der Waals surface area contributed by atoms with Crippen molar-refractivity contribution in [2.24, 2.45) is 0 Å². The molecule has 1 aromatic heterocycles. The van der Waals surface area contributed by atoms with Crippen LogP contribution in [0.25, 0.3) is 0 Å². The highest BCUT2D eigenvalue weighted by molar-refractivity contribution is 7.80. The van der Waals surface area contributed by atoms with E-state index < -0.39 is 11.1 Å². The van der Waals surface area contributed by atoms with Crippen molar-refractivity contribution in [3.63, 3.8) is 0 Å². The maximum Gasteiger partial charge on any atom is 0.231 e. The topological polar surface area (TPSA) is 77.0 Å². The standard InChI is InChI=1S/C13H15ClN4O2S/c1-3-7-20-21(19)11-6-4-5-10(8-11)17-13-16-9(2)15-12(14)18-13/h4-6,8H,3,7H2,1-2H3,(H,15,16,17,18). The average molecular weight is 327 g/mol. The van der Waals surface area contributed by atoms with Crippen molar-refractivity contribution in [3.05, 3.63) is 35.4 Å². The molecular formula is C13H15ClN4O2S. The maximum absolute atomic E-state index is 11.9. The maximum atomic E-state index is 11.9. The second-order valence-electron chi connectivity index (χ2n) is 4.18. The lowest BCUT2D eigenvalue weighted by molar-refractivity contribution is 0.347. The number of nitrogens with one attached hydrogen (secondary N) is 1. The molecule has 2 rings (SSSR count). The molecule has 1 heterocycles. The zero-order valence-corrected chi connectivity index (χ0v) is 13.2. The summed E-state index contributed by atoms with van der Waals surface area (Å²) in [5.41, 5.74) is 0.697. The van der Waals surface area contributed by atoms with Gasteiger partial charge in [-0.1, -0.05) is 13.0 Å². The van der Waals surface area contributed by atoms with Crippen molar-refractivity contribution in [1.82, 2.24) is 15.0 Å². The van der Waals surface area contributed by atoms with E-state index in [1.165, 1.54) is 0 Å². The number of hydrogen-bond acceptors (Lipinski definition) is 6. The second kappa shape index (κ2) is 7.44. The van der Waals surface area contributed by atoms with Gasteiger partial charge in [0.05, 0.1) is 11.5 Å². The van der Waals surface area contributed by atoms with Gasteiger partial charge in [-0.25, -0.2) is 9.19 Å². The van der Waals surface area contributed by atoms with E-state index in [0.717, 1.165) is 6.42 Å². The van der Waals surface area contributed by atoms with Gasteiger partial charge >= 0.3 is 0 Å². The first-order valence-corrected chi connectivity index (χ1v) is 7.84. The van der Waals surface area contributed by atoms with Crippen LogP contribution in [0.1, 0.15) is 19.2 Å². The van der Waals surface area contributed by atoms with E-state index in [0.29, 0.717) is 29.0 Å². The lowest BCUT2D eigenvalue weighted by atomic mass is 10.3. The van der Waals surface area contributed by atoms with Crippen molar-refractivity contribution < 1.29 is 8.39 Å². The van der Waals surface area contributed by atoms with Gasteiger partial charge in [0.25, 0.3) is 0 Å². The van der Waals surface area contributed by atoms with Crippen LogP contribution < -0.4 is 5.32 Å². The number of aromatic nitrogens is 3. The quantitative estimate of drug-likeness (QED) is 0.879. The molecule has 0 aliphatic heterocycles. The summed E-state index contributed by atoms with van der Waals surface area (Å²) in [6.07, 6.45) is 0.812. The summed E-state index contributed by atoms with van der Waals surface area (Å²) in [6.45, 7) is 4.14. The Labute approximate surface area is 130 Å². The zero-order valence-electron chi connectivity index (χ0n) is 11.7. The van der Waals surface area contributed by atoms with Gasteiger partial charge in [-0.05, 0) is 43.1 Å². The summed E-state index contributed by atoms with van der Waals surface area (Å²) in [5, 5.41) is 3.12. The van der Waals surface area contributed by atoms with E-state index in [9.17, 15) is 4.21 Å². The summed E-state index contributed by atoms with van der Waals surface area (Å²) in [5.74, 6) is 0.855. The highest BCUT2D eigenvalue weighted by atomic mass is 35.5. The molecule has 0 radical (unpaired) electrons. The van der Waals surface area contributed by atoms with Crippen LogP contribution in [-0.2, 0) is 15.3 Å². The average Bonchev–Trinajstić information content (AvgIpc) is 2.44. The summed E-state index contributed by atoms with van der Waals surface area (Å²) in [4.78, 5) is 12.6. The summed E-state index contributed by atoms with van der Waals surface area (Å²) in [6, 6.07) is 7.05. The Bertz CT molecular complexity index is 634. The molecular weight excluding hydrogens is 312 g/mol. The number of hydrogen-bond donors (Lipinski definition) is 1. The summed E-state index contributed by atoms with van der Waals surface area (Å²) in [7, 11) is 0. The van der Waals surface area contributed by atoms with Crippen LogP contribution in [0.15, 0.2) is 29.2 Å². The minimum absolute atomic E-state index is 0.121. The number of aryl methyl sites for hydroxylation is 1. The van der Waals surface area contributed by atoms with Crippen LogP contribution in [0.2, 0.25) is 5.28 Å². The molecule has 0 spiro atoms. The van der Waals surface area contributed by atoms with Gasteiger partial charge in [0.15, 0.2) is 11.1 Å². The fourth-order valence-electron chi connectivity index (χ4n) is 1.54. The predicted molar refractivity (Wildman–Crippen MR) is 82.0 cm³/mol. The molecule has 0 saturated carbocycles. The Morgan fingerprint density at radius 1 is 1.33 bits per heavy atom. The molecule has 21 heavy (non-hydrogen) atoms. The van der Waals surface area contributed by atoms with Crippen LogP contribution >= 0.6 is 11.6 Å². The Morgan fingerprint density at radius 3 is 2.86 bits per heavy atom. The Kier molecular flexibility index (Phi) is 5.60. The molecule has 2 aromatic rings. The normalized spacial score (nSPS) is 12.1. The third-order valence-electron chi connectivity index (χ3n) is 2.40. The van der Waals surface area contributed by atoms with Gasteiger partial charge in [0, 0.05) is 5.69 Å². The molecule has 1 unspecified atom stereocenters. The summed E-state index contributed by atoms with van der Waals surface area (Å²) >= 11 is 4.30. The Hall–Kier alpha value is -1.57. The number of nitrogens with zero attached hydrogens (tertiary/aromatic N) is 3. The molecule has 1 N–H and O–H groups in total. The second-order valence-corrected chi connectivity index (χ2v) is 5.70. The molecule has 112 valence electrons. The van der Waals surface area contributed by atoms with E-state index in [1.54, 1.807) is 25.1 Å². The third kappa shape index (κ3) is 4.73. The molecule has 0 aliphatic carbocycles. The number of rotatable bonds is 6. The fourth-order valence-corrected chi connectivity index (χ4v) is 2.61. The van der Waals surface area contributed by atoms with Crippen LogP contribution in [0, 0.1) is 6.92 Å². The molecule has 8 heteroatoms. The number of halogens is 1. The van der Waals surface area contributed by atoms with Crippen LogP contribution in [0.5, 0.6) is 0 Å². The minimum atomic E-state index is -1.48. The van der Waals surface area contributed by atoms with Gasteiger partial charge in [0.1, 0.15) is 5.82 Å². The van der Waals surface area contributed by atoms with Gasteiger partial charge in [0.2, 0.25) is 11.2 Å². The fraction of sp³-hybridized carbons (Fsp3) is 0.308. The first-order valence-electron chi connectivity index (χ1n) is 6.39. The third-order valence-corrected chi connectivity index (χ3v) is 3.59. The predicted octanol–water partition coefficient (Wildman–Crippen LogP) is 3.03. The zero-order chi connectivity index (χ0) is 15.2. The van der Waals surface area contributed by atoms with E-state index in [1.807, 2.05) is 13.0 Å². The number of anilines is 2. The lowest BCUT2D eigenvalue weighted by Crippen LogP contribution is -2.03. The monoisotopic (exact) mass is 326 g/mol. The van der Waals surface area contributed by atoms with E-state index in [2.05, 4.69) is 20.3 Å². The molecule has 0 saturated heterocycles. The van der Waals surface area contributed by atoms with Crippen molar-refractivity contribution >= 4 is 34.3 Å². The lowest BCUT2D eigenvalue weighted by Gasteiger charge is -2.07. The van der Waals surface area contributed by atoms with Gasteiger partial charge in [-0.3, -0.25) is 4.18 Å². The molecule has 0 bridgehead atoms. The first-order chi connectivity index (χ1) is 10.1. The summed E-state index contributed by atoms with van der Waals surface area (Å²) < 4.78 is 17.1. The van der Waals surface area contributed by atoms with Gasteiger partial charge in [-0.2, -0.15) is 9.97 Å². The highest BCUT2D eigenvalue weighted by Gasteiger charge is 2.07. The molecule has 6 nitrogen and oxygen atoms in total. The molecule has 1 atom stereocenters. The first kappa shape index (κ1) is 15.8. The van der Waals surface area contributed by atoms with Crippen molar-refractivity contribution in [1.29, 1.82) is 0 Å². The molecule has 0 amide bonds. The number of benzene rings is 1. The minimum Gasteiger partial charge on any atom is -0.324 e. The van der Waals surface area contributed by atoms with Crippen LogP contribution in [0.4, 0.5) is 11.6 Å². The largest absolute Gasteiger partial charge is 0.324 e. The molecule has 1 aromatic carbocycles. The Morgan fingerprint density at radius 2 is 2.14 bits per heavy atom. The smallest absolute Gasteiger partial charge is 0.231 e. The highest BCUT2D eigenvalue weighted by Crippen LogP contribution is 2.18. The van der Waals surface area contributed by atoms with Crippen molar-refractivity contribution in [2.45, 2.75) is 25.2 Å². The van der Waals surface area contributed by atoms with Crippen molar-refractivity contribution in [3.8, 4) is 0 Å². The van der Waals surface area contributed by atoms with E-state index in [-0.39, 0.29) is 5.28 Å². The van der Waals surface area contributed by atoms with E-state index >= 15 is 0 Å². The van der Waals surface area contributed by atoms with E-state index in [4.69, 9.17) is 15.8 Å². The van der Waals surface area contributed by atoms with Gasteiger partial charge in [-0.15, -0.1) is 0 Å². The SMILES string of the molecule is CCCOS(=O)c1cccc(Nc2nc(C)nc(Cl)n2)c1. The van der Waals surface area contributed by atoms with Crippen LogP contribution in [0.3, 0.4) is 0 Å². The van der Waals surface area contributed by atoms with Crippen molar-refractivity contribution in [2.75, 3.05) is 11.9 Å². The molecule has 0 fully saturated rings. The Balaban J connectivity index is 2.15. The molecule has 0 aliphatic rings. The van der Waals surface area contributed by atoms with Crippen LogP contribution in [-0.4, -0.2) is 25.8 Å². The van der Waals surface area contributed by atoms with Gasteiger partial charge < -0.3 is 5.32 Å².